The number of hydrogen-bond acceptors (Lipinski definition) is 1. The molecule has 1 aromatic heterocycles. The summed E-state index contributed by atoms with van der Waals surface area (Å²) in [6, 6.07) is 10.3. The highest BCUT2D eigenvalue weighted by Gasteiger charge is 2.09. The van der Waals surface area contributed by atoms with Gasteiger partial charge in [0.15, 0.2) is 6.29 Å². The molecule has 146 valence electrons. The van der Waals surface area contributed by atoms with E-state index in [0.29, 0.717) is 0 Å². The number of unbranched alkanes of at least 4 members (excludes halogenated alkanes) is 1. The molecule has 0 radical (unpaired) electrons. The minimum absolute atomic E-state index is 0.747. The summed E-state index contributed by atoms with van der Waals surface area (Å²) in [6.07, 6.45) is 15.3. The van der Waals surface area contributed by atoms with Crippen LogP contribution in [0.25, 0.3) is 11.6 Å². The molecule has 2 aromatic rings. The Morgan fingerprint density at radius 1 is 1.14 bits per heavy atom. The van der Waals surface area contributed by atoms with Gasteiger partial charge in [-0.15, -0.1) is 0 Å². The van der Waals surface area contributed by atoms with Crippen molar-refractivity contribution in [1.82, 2.24) is 4.98 Å². The van der Waals surface area contributed by atoms with E-state index in [0.717, 1.165) is 60.1 Å². The van der Waals surface area contributed by atoms with Gasteiger partial charge in [-0.2, -0.15) is 0 Å². The van der Waals surface area contributed by atoms with Gasteiger partial charge in [0.2, 0.25) is 0 Å². The number of aryl methyl sites for hydroxylation is 2. The van der Waals surface area contributed by atoms with Crippen molar-refractivity contribution in [2.45, 2.75) is 46.5 Å². The van der Waals surface area contributed by atoms with Crippen LogP contribution in [0.2, 0.25) is 0 Å². The van der Waals surface area contributed by atoms with Crippen LogP contribution in [0, 0.1) is 0 Å². The van der Waals surface area contributed by atoms with Crippen LogP contribution in [0.15, 0.2) is 66.8 Å². The maximum absolute atomic E-state index is 11.4. The molecule has 0 saturated carbocycles. The Morgan fingerprint density at radius 3 is 2.61 bits per heavy atom. The average Bonchev–Trinajstić information content (AvgIpc) is 3.13. The number of aldehydes is 1. The Kier molecular flexibility index (Phi) is 8.48. The molecule has 0 spiro atoms. The van der Waals surface area contributed by atoms with Crippen molar-refractivity contribution < 1.29 is 4.79 Å². The molecule has 0 bridgehead atoms. The zero-order valence-corrected chi connectivity index (χ0v) is 17.3. The van der Waals surface area contributed by atoms with Gasteiger partial charge < -0.3 is 4.98 Å². The third-order valence-electron chi connectivity index (χ3n) is 4.75. The molecular weight excluding hydrogens is 342 g/mol. The van der Waals surface area contributed by atoms with Crippen molar-refractivity contribution >= 4 is 17.9 Å². The topological polar surface area (TPSA) is 32.9 Å². The zero-order valence-electron chi connectivity index (χ0n) is 17.3. The van der Waals surface area contributed by atoms with E-state index in [4.69, 9.17) is 0 Å². The van der Waals surface area contributed by atoms with E-state index in [1.165, 1.54) is 11.1 Å². The van der Waals surface area contributed by atoms with Crippen LogP contribution in [0.5, 0.6) is 0 Å². The monoisotopic (exact) mass is 373 g/mol. The van der Waals surface area contributed by atoms with E-state index in [2.05, 4.69) is 61.8 Å². The molecule has 2 rings (SSSR count). The standard InChI is InChI=1S/C26H31NO/c1-5-8-14-25-24(19-28)18-26(27-25)23(11-6-2)17-20(4)15-16-22-13-10-9-12-21(22)7-3/h6,9-13,15-19,27H,4-5,7-8,14H2,1-3H3/b11-6-,16-15+,23-17+. The van der Waals surface area contributed by atoms with Gasteiger partial charge in [0.1, 0.15) is 0 Å². The van der Waals surface area contributed by atoms with Crippen molar-refractivity contribution in [2.24, 2.45) is 0 Å². The molecule has 28 heavy (non-hydrogen) atoms. The molecular formula is C26H31NO. The molecule has 1 heterocycles. The lowest BCUT2D eigenvalue weighted by molar-refractivity contribution is 0.112. The fraction of sp³-hybridized carbons (Fsp3) is 0.269. The van der Waals surface area contributed by atoms with Crippen molar-refractivity contribution in [1.29, 1.82) is 0 Å². The van der Waals surface area contributed by atoms with Crippen LogP contribution >= 0.6 is 0 Å². The predicted octanol–water partition coefficient (Wildman–Crippen LogP) is 6.96. The molecule has 2 nitrogen and oxygen atoms in total. The van der Waals surface area contributed by atoms with Crippen molar-refractivity contribution in [3.05, 3.63) is 94.9 Å². The first kappa shape index (κ1) is 21.4. The number of hydrogen-bond donors (Lipinski definition) is 1. The molecule has 1 N–H and O–H groups in total. The van der Waals surface area contributed by atoms with E-state index in [1.807, 2.05) is 31.2 Å². The van der Waals surface area contributed by atoms with Gasteiger partial charge in [0.25, 0.3) is 0 Å². The summed E-state index contributed by atoms with van der Waals surface area (Å²) >= 11 is 0. The number of nitrogens with one attached hydrogen (secondary N) is 1. The van der Waals surface area contributed by atoms with Gasteiger partial charge in [-0.3, -0.25) is 4.79 Å². The molecule has 0 amide bonds. The van der Waals surface area contributed by atoms with Gasteiger partial charge in [0, 0.05) is 17.0 Å². The highest BCUT2D eigenvalue weighted by molar-refractivity contribution is 5.83. The van der Waals surface area contributed by atoms with E-state index in [-0.39, 0.29) is 0 Å². The van der Waals surface area contributed by atoms with E-state index in [9.17, 15) is 4.79 Å². The Balaban J connectivity index is 2.28. The maximum atomic E-state index is 11.4. The number of allylic oxidation sites excluding steroid dienone is 6. The van der Waals surface area contributed by atoms with Crippen LogP contribution in [0.3, 0.4) is 0 Å². The van der Waals surface area contributed by atoms with Crippen molar-refractivity contribution in [3.8, 4) is 0 Å². The summed E-state index contributed by atoms with van der Waals surface area (Å²) in [6.45, 7) is 10.5. The first-order chi connectivity index (χ1) is 13.6. The Morgan fingerprint density at radius 2 is 1.93 bits per heavy atom. The van der Waals surface area contributed by atoms with Crippen LogP contribution < -0.4 is 0 Å². The van der Waals surface area contributed by atoms with E-state index < -0.39 is 0 Å². The third-order valence-corrected chi connectivity index (χ3v) is 4.75. The number of H-pyrrole nitrogens is 1. The highest BCUT2D eigenvalue weighted by Crippen LogP contribution is 2.22. The summed E-state index contributed by atoms with van der Waals surface area (Å²) in [4.78, 5) is 14.9. The fourth-order valence-corrected chi connectivity index (χ4v) is 3.19. The second-order valence-corrected chi connectivity index (χ2v) is 6.90. The molecule has 0 saturated heterocycles. The third kappa shape index (κ3) is 5.82. The largest absolute Gasteiger partial charge is 0.358 e. The smallest absolute Gasteiger partial charge is 0.151 e. The Bertz CT molecular complexity index is 893. The van der Waals surface area contributed by atoms with Gasteiger partial charge in [-0.1, -0.05) is 75.4 Å². The van der Waals surface area contributed by atoms with E-state index >= 15 is 0 Å². The highest BCUT2D eigenvalue weighted by atomic mass is 16.1. The Hall–Kier alpha value is -2.87. The normalized spacial score (nSPS) is 12.2. The van der Waals surface area contributed by atoms with Crippen molar-refractivity contribution in [3.63, 3.8) is 0 Å². The quantitative estimate of drug-likeness (QED) is 0.354. The molecule has 0 aliphatic carbocycles. The summed E-state index contributed by atoms with van der Waals surface area (Å²) in [5.74, 6) is 0. The van der Waals surface area contributed by atoms with Crippen LogP contribution in [-0.4, -0.2) is 11.3 Å². The summed E-state index contributed by atoms with van der Waals surface area (Å²) in [5, 5.41) is 0. The Labute approximate surface area is 169 Å². The number of aromatic nitrogens is 1. The first-order valence-corrected chi connectivity index (χ1v) is 10.1. The van der Waals surface area contributed by atoms with Gasteiger partial charge in [-0.05, 0) is 60.6 Å². The zero-order chi connectivity index (χ0) is 20.4. The second-order valence-electron chi connectivity index (χ2n) is 6.90. The second kappa shape index (κ2) is 11.1. The minimum atomic E-state index is 0.747. The lowest BCUT2D eigenvalue weighted by Gasteiger charge is -2.03. The predicted molar refractivity (Wildman–Crippen MR) is 122 cm³/mol. The number of aromatic amines is 1. The molecule has 0 unspecified atom stereocenters. The summed E-state index contributed by atoms with van der Waals surface area (Å²) in [5.41, 5.74) is 7.19. The van der Waals surface area contributed by atoms with Gasteiger partial charge in [-0.25, -0.2) is 0 Å². The fourth-order valence-electron chi connectivity index (χ4n) is 3.19. The number of benzene rings is 1. The van der Waals surface area contributed by atoms with Crippen LogP contribution in [0.1, 0.15) is 66.5 Å². The molecule has 1 aromatic carbocycles. The molecule has 2 heteroatoms. The lowest BCUT2D eigenvalue weighted by atomic mass is 10.0. The number of carbonyl (C=O) groups excluding carboxylic acids is 1. The first-order valence-electron chi connectivity index (χ1n) is 10.1. The van der Waals surface area contributed by atoms with E-state index in [1.54, 1.807) is 0 Å². The SMILES string of the molecule is C=C(/C=C/c1ccccc1CC)/C=C(\C=C/C)c1cc(C=O)c(CCCC)[nH]1. The molecule has 0 atom stereocenters. The molecule has 0 aliphatic heterocycles. The van der Waals surface area contributed by atoms with Crippen molar-refractivity contribution in [2.75, 3.05) is 0 Å². The van der Waals surface area contributed by atoms with Gasteiger partial charge >= 0.3 is 0 Å². The van der Waals surface area contributed by atoms with Crippen LogP contribution in [0.4, 0.5) is 0 Å². The maximum Gasteiger partial charge on any atom is 0.151 e. The number of carbonyl (C=O) groups is 1. The minimum Gasteiger partial charge on any atom is -0.358 e. The van der Waals surface area contributed by atoms with Crippen LogP contribution in [-0.2, 0) is 12.8 Å². The number of rotatable bonds is 10. The lowest BCUT2D eigenvalue weighted by Crippen LogP contribution is -1.90. The summed E-state index contributed by atoms with van der Waals surface area (Å²) in [7, 11) is 0. The van der Waals surface area contributed by atoms with Gasteiger partial charge in [0.05, 0.1) is 0 Å². The molecule has 0 fully saturated rings. The summed E-state index contributed by atoms with van der Waals surface area (Å²) < 4.78 is 0. The average molecular weight is 374 g/mol. The molecule has 0 aliphatic rings.